The lowest BCUT2D eigenvalue weighted by Crippen LogP contribution is -2.39. The van der Waals surface area contributed by atoms with Crippen LogP contribution in [0.4, 0.5) is 0 Å². The lowest BCUT2D eigenvalue weighted by molar-refractivity contribution is 0.0932. The van der Waals surface area contributed by atoms with Crippen molar-refractivity contribution in [2.45, 2.75) is 45.1 Å². The minimum Gasteiger partial charge on any atom is -0.349 e. The van der Waals surface area contributed by atoms with Crippen molar-refractivity contribution >= 4 is 29.1 Å². The highest BCUT2D eigenvalue weighted by atomic mass is 35.5. The number of halogens is 2. The largest absolute Gasteiger partial charge is 0.349 e. The normalized spacial score (nSPS) is 15.8. The van der Waals surface area contributed by atoms with Gasteiger partial charge in [-0.25, -0.2) is 4.68 Å². The molecule has 1 N–H and O–H groups in total. The number of carbonyl (C=O) groups is 1. The Kier molecular flexibility index (Phi) is 5.93. The van der Waals surface area contributed by atoms with Gasteiger partial charge in [-0.3, -0.25) is 4.79 Å². The third-order valence-electron chi connectivity index (χ3n) is 5.37. The quantitative estimate of drug-likeness (QED) is 0.590. The summed E-state index contributed by atoms with van der Waals surface area (Å²) in [6.45, 7) is 2.09. The van der Waals surface area contributed by atoms with Crippen LogP contribution in [0, 0.1) is 0 Å². The summed E-state index contributed by atoms with van der Waals surface area (Å²) in [6, 6.07) is 13.9. The number of nitrogens with zero attached hydrogens (tertiary/aromatic N) is 2. The zero-order chi connectivity index (χ0) is 20.4. The van der Waals surface area contributed by atoms with Crippen LogP contribution in [0.5, 0.6) is 0 Å². The molecule has 1 aromatic heterocycles. The molecule has 3 aromatic rings. The van der Waals surface area contributed by atoms with Gasteiger partial charge in [0.25, 0.3) is 5.91 Å². The predicted molar refractivity (Wildman–Crippen MR) is 117 cm³/mol. The van der Waals surface area contributed by atoms with Gasteiger partial charge in [0.1, 0.15) is 0 Å². The Morgan fingerprint density at radius 3 is 2.62 bits per heavy atom. The number of carbonyl (C=O) groups excluding carboxylic acids is 1. The number of hydrogen-bond acceptors (Lipinski definition) is 2. The van der Waals surface area contributed by atoms with Crippen molar-refractivity contribution in [2.24, 2.45) is 0 Å². The van der Waals surface area contributed by atoms with Crippen molar-refractivity contribution in [3.05, 3.63) is 81.1 Å². The number of benzene rings is 2. The topological polar surface area (TPSA) is 46.9 Å². The summed E-state index contributed by atoms with van der Waals surface area (Å²) in [5.41, 5.74) is 4.95. The van der Waals surface area contributed by atoms with Gasteiger partial charge in [0, 0.05) is 16.1 Å². The smallest absolute Gasteiger partial charge is 0.255 e. The molecule has 1 aliphatic carbocycles. The molecule has 0 saturated carbocycles. The highest BCUT2D eigenvalue weighted by Gasteiger charge is 2.23. The number of aromatic nitrogens is 2. The number of fused-ring (bicyclic) bond motifs is 1. The third kappa shape index (κ3) is 4.34. The van der Waals surface area contributed by atoms with Gasteiger partial charge in [-0.2, -0.15) is 5.10 Å². The first-order chi connectivity index (χ1) is 14.0. The Balaban J connectivity index is 1.58. The third-order valence-corrected chi connectivity index (χ3v) is 5.81. The molecule has 0 fully saturated rings. The van der Waals surface area contributed by atoms with Gasteiger partial charge >= 0.3 is 0 Å². The molecule has 6 heteroatoms. The van der Waals surface area contributed by atoms with Gasteiger partial charge in [0.05, 0.1) is 23.1 Å². The van der Waals surface area contributed by atoms with Crippen LogP contribution in [0.25, 0.3) is 5.69 Å². The molecule has 0 unspecified atom stereocenters. The van der Waals surface area contributed by atoms with E-state index in [1.807, 2.05) is 0 Å². The van der Waals surface area contributed by atoms with Crippen molar-refractivity contribution in [3.8, 4) is 5.69 Å². The first kappa shape index (κ1) is 20.0. The average Bonchev–Trinajstić information content (AvgIpc) is 3.11. The van der Waals surface area contributed by atoms with Gasteiger partial charge in [0.15, 0.2) is 0 Å². The van der Waals surface area contributed by atoms with Crippen molar-refractivity contribution in [3.63, 3.8) is 0 Å². The Morgan fingerprint density at radius 1 is 1.17 bits per heavy atom. The molecule has 1 atom stereocenters. The standard InChI is InChI=1S/C23H23Cl2N3O/c1-2-5-22-21(14-26-28(22)20-12-17(24)11-18(25)13-20)23(29)27-19-9-8-15-6-3-4-7-16(15)10-19/h3-4,6-7,11-14,19H,2,5,8-10H2,1H3,(H,27,29)/t19-/m0/s1. The van der Waals surface area contributed by atoms with Crippen LogP contribution in [-0.2, 0) is 19.3 Å². The van der Waals surface area contributed by atoms with Crippen molar-refractivity contribution in [1.82, 2.24) is 15.1 Å². The van der Waals surface area contributed by atoms with Gasteiger partial charge in [-0.05, 0) is 55.0 Å². The Bertz CT molecular complexity index is 1020. The van der Waals surface area contributed by atoms with E-state index in [0.29, 0.717) is 15.6 Å². The number of aryl methyl sites for hydroxylation is 1. The number of rotatable bonds is 5. The fraction of sp³-hybridized carbons (Fsp3) is 0.304. The van der Waals surface area contributed by atoms with Gasteiger partial charge < -0.3 is 5.32 Å². The summed E-state index contributed by atoms with van der Waals surface area (Å²) in [4.78, 5) is 13.1. The molecule has 0 bridgehead atoms. The van der Waals surface area contributed by atoms with Crippen LogP contribution < -0.4 is 5.32 Å². The van der Waals surface area contributed by atoms with E-state index in [9.17, 15) is 4.79 Å². The highest BCUT2D eigenvalue weighted by Crippen LogP contribution is 2.25. The molecular weight excluding hydrogens is 405 g/mol. The molecule has 0 saturated heterocycles. The lowest BCUT2D eigenvalue weighted by atomic mass is 9.88. The van der Waals surface area contributed by atoms with Crippen LogP contribution in [0.15, 0.2) is 48.7 Å². The molecule has 29 heavy (non-hydrogen) atoms. The summed E-state index contributed by atoms with van der Waals surface area (Å²) in [6.07, 6.45) is 6.08. The summed E-state index contributed by atoms with van der Waals surface area (Å²) < 4.78 is 1.77. The van der Waals surface area contributed by atoms with Crippen LogP contribution >= 0.6 is 23.2 Å². The van der Waals surface area contributed by atoms with E-state index in [2.05, 4.69) is 41.6 Å². The minimum atomic E-state index is -0.0720. The van der Waals surface area contributed by atoms with Crippen LogP contribution in [0.3, 0.4) is 0 Å². The second-order valence-corrected chi connectivity index (χ2v) is 8.35. The minimum absolute atomic E-state index is 0.0720. The number of amides is 1. The van der Waals surface area contributed by atoms with E-state index in [-0.39, 0.29) is 11.9 Å². The van der Waals surface area contributed by atoms with E-state index >= 15 is 0 Å². The molecule has 2 aromatic carbocycles. The van der Waals surface area contributed by atoms with Crippen LogP contribution in [-0.4, -0.2) is 21.7 Å². The second-order valence-electron chi connectivity index (χ2n) is 7.48. The molecule has 1 aliphatic rings. The Morgan fingerprint density at radius 2 is 1.90 bits per heavy atom. The number of nitrogens with one attached hydrogen (secondary N) is 1. The summed E-state index contributed by atoms with van der Waals surface area (Å²) in [5.74, 6) is -0.0720. The Labute approximate surface area is 180 Å². The molecule has 1 amide bonds. The first-order valence-electron chi connectivity index (χ1n) is 9.96. The van der Waals surface area contributed by atoms with Crippen LogP contribution in [0.2, 0.25) is 10.0 Å². The molecule has 0 radical (unpaired) electrons. The SMILES string of the molecule is CCCc1c(C(=O)N[C@H]2CCc3ccccc3C2)cnn1-c1cc(Cl)cc(Cl)c1. The summed E-state index contributed by atoms with van der Waals surface area (Å²) in [7, 11) is 0. The van der Waals surface area contributed by atoms with E-state index in [1.54, 1.807) is 29.1 Å². The summed E-state index contributed by atoms with van der Waals surface area (Å²) in [5, 5.41) is 8.77. The van der Waals surface area contributed by atoms with Gasteiger partial charge in [-0.1, -0.05) is 60.8 Å². The average molecular weight is 428 g/mol. The molecule has 150 valence electrons. The van der Waals surface area contributed by atoms with E-state index < -0.39 is 0 Å². The summed E-state index contributed by atoms with van der Waals surface area (Å²) >= 11 is 12.3. The monoisotopic (exact) mass is 427 g/mol. The maximum absolute atomic E-state index is 13.1. The maximum atomic E-state index is 13.1. The molecule has 0 aliphatic heterocycles. The highest BCUT2D eigenvalue weighted by molar-refractivity contribution is 6.34. The van der Waals surface area contributed by atoms with E-state index in [4.69, 9.17) is 23.2 Å². The lowest BCUT2D eigenvalue weighted by Gasteiger charge is -2.25. The van der Waals surface area contributed by atoms with Crippen molar-refractivity contribution in [2.75, 3.05) is 0 Å². The van der Waals surface area contributed by atoms with Gasteiger partial charge in [0.2, 0.25) is 0 Å². The predicted octanol–water partition coefficient (Wildman–Crippen LogP) is 5.42. The fourth-order valence-corrected chi connectivity index (χ4v) is 4.52. The van der Waals surface area contributed by atoms with E-state index in [0.717, 1.165) is 43.5 Å². The second kappa shape index (κ2) is 8.60. The Hall–Kier alpha value is -2.30. The fourth-order valence-electron chi connectivity index (χ4n) is 4.01. The molecule has 1 heterocycles. The molecule has 4 rings (SSSR count). The van der Waals surface area contributed by atoms with Crippen molar-refractivity contribution < 1.29 is 4.79 Å². The number of hydrogen-bond donors (Lipinski definition) is 1. The van der Waals surface area contributed by atoms with E-state index in [1.165, 1.54) is 11.1 Å². The maximum Gasteiger partial charge on any atom is 0.255 e. The molecule has 0 spiro atoms. The zero-order valence-corrected chi connectivity index (χ0v) is 17.8. The van der Waals surface area contributed by atoms with Gasteiger partial charge in [-0.15, -0.1) is 0 Å². The van der Waals surface area contributed by atoms with Crippen molar-refractivity contribution in [1.29, 1.82) is 0 Å². The first-order valence-corrected chi connectivity index (χ1v) is 10.7. The zero-order valence-electron chi connectivity index (χ0n) is 16.3. The van der Waals surface area contributed by atoms with Crippen LogP contribution in [0.1, 0.15) is 46.9 Å². The molecule has 4 nitrogen and oxygen atoms in total. The molecular formula is C23H23Cl2N3O.